The van der Waals surface area contributed by atoms with Crippen molar-refractivity contribution in [1.29, 1.82) is 0 Å². The maximum atomic E-state index is 12.3. The molecular weight excluding hydrogens is 332 g/mol. The zero-order valence-electron chi connectivity index (χ0n) is 15.3. The first kappa shape index (κ1) is 17.4. The second kappa shape index (κ2) is 6.93. The number of hydrogen-bond acceptors (Lipinski definition) is 4. The normalized spacial score (nSPS) is 31.7. The van der Waals surface area contributed by atoms with Crippen molar-refractivity contribution in [2.24, 2.45) is 17.8 Å². The highest BCUT2D eigenvalue weighted by atomic mass is 16.4. The van der Waals surface area contributed by atoms with Crippen LogP contribution in [0.4, 0.5) is 4.79 Å². The number of aromatic nitrogens is 1. The van der Waals surface area contributed by atoms with E-state index in [4.69, 9.17) is 4.42 Å². The SMILES string of the molecule is Cc1cnc(CNC(=O)CCNC(=O)NC23CC4CC(CC(C4)C2)C3)o1. The molecule has 3 N–H and O–H groups in total. The van der Waals surface area contributed by atoms with Gasteiger partial charge in [-0.05, 0) is 63.2 Å². The Balaban J connectivity index is 1.17. The standard InChI is InChI=1S/C19H28N4O3/c1-12-10-22-17(26-12)11-21-16(24)2-3-20-18(25)23-19-7-13-4-14(8-19)6-15(5-13)9-19/h10,13-15H,2-9,11H2,1H3,(H,21,24)(H2,20,23,25). The first-order valence-corrected chi connectivity index (χ1v) is 9.74. The van der Waals surface area contributed by atoms with Crippen LogP contribution in [0.1, 0.15) is 56.6 Å². The van der Waals surface area contributed by atoms with Crippen molar-refractivity contribution in [3.05, 3.63) is 17.8 Å². The van der Waals surface area contributed by atoms with E-state index < -0.39 is 0 Å². The molecule has 0 spiro atoms. The summed E-state index contributed by atoms with van der Waals surface area (Å²) in [5.74, 6) is 3.47. The third-order valence-electron chi connectivity index (χ3n) is 6.16. The molecule has 4 aliphatic rings. The van der Waals surface area contributed by atoms with Gasteiger partial charge < -0.3 is 20.4 Å². The van der Waals surface area contributed by atoms with E-state index in [-0.39, 0.29) is 30.4 Å². The van der Waals surface area contributed by atoms with Crippen LogP contribution in [0.15, 0.2) is 10.6 Å². The van der Waals surface area contributed by atoms with Crippen molar-refractivity contribution in [3.8, 4) is 0 Å². The van der Waals surface area contributed by atoms with Crippen LogP contribution in [0.5, 0.6) is 0 Å². The van der Waals surface area contributed by atoms with Gasteiger partial charge in [0.1, 0.15) is 5.76 Å². The fraction of sp³-hybridized carbons (Fsp3) is 0.737. The molecule has 1 aromatic heterocycles. The van der Waals surface area contributed by atoms with Crippen LogP contribution in [0.25, 0.3) is 0 Å². The summed E-state index contributed by atoms with van der Waals surface area (Å²) in [6.45, 7) is 2.41. The number of carbonyl (C=O) groups excluding carboxylic acids is 2. The molecule has 5 rings (SSSR count). The monoisotopic (exact) mass is 360 g/mol. The average molecular weight is 360 g/mol. The van der Waals surface area contributed by atoms with Crippen molar-refractivity contribution in [1.82, 2.24) is 20.9 Å². The van der Waals surface area contributed by atoms with Crippen molar-refractivity contribution in [3.63, 3.8) is 0 Å². The molecule has 0 aliphatic heterocycles. The maximum absolute atomic E-state index is 12.3. The summed E-state index contributed by atoms with van der Waals surface area (Å²) in [5.41, 5.74) is 0.00388. The van der Waals surface area contributed by atoms with Gasteiger partial charge in [0.15, 0.2) is 0 Å². The van der Waals surface area contributed by atoms with Gasteiger partial charge in [-0.25, -0.2) is 9.78 Å². The van der Waals surface area contributed by atoms with Crippen LogP contribution in [0, 0.1) is 24.7 Å². The fourth-order valence-corrected chi connectivity index (χ4v) is 5.58. The van der Waals surface area contributed by atoms with E-state index in [0.29, 0.717) is 12.4 Å². The smallest absolute Gasteiger partial charge is 0.315 e. The zero-order chi connectivity index (χ0) is 18.1. The largest absolute Gasteiger partial charge is 0.444 e. The van der Waals surface area contributed by atoms with E-state index in [2.05, 4.69) is 20.9 Å². The molecule has 0 radical (unpaired) electrons. The van der Waals surface area contributed by atoms with Crippen LogP contribution in [0.2, 0.25) is 0 Å². The molecule has 0 atom stereocenters. The number of aryl methyl sites for hydroxylation is 1. The Labute approximate surface area is 153 Å². The summed E-state index contributed by atoms with van der Waals surface area (Å²) in [6, 6.07) is -0.136. The number of carbonyl (C=O) groups is 2. The van der Waals surface area contributed by atoms with E-state index in [1.165, 1.54) is 19.3 Å². The van der Waals surface area contributed by atoms with Crippen LogP contribution in [0.3, 0.4) is 0 Å². The number of hydrogen-bond donors (Lipinski definition) is 3. The predicted octanol–water partition coefficient (Wildman–Crippen LogP) is 2.26. The van der Waals surface area contributed by atoms with Crippen LogP contribution < -0.4 is 16.0 Å². The molecular formula is C19H28N4O3. The lowest BCUT2D eigenvalue weighted by Gasteiger charge is -2.56. The third-order valence-corrected chi connectivity index (χ3v) is 6.16. The summed E-state index contributed by atoms with van der Waals surface area (Å²) in [7, 11) is 0. The second-order valence-corrected chi connectivity index (χ2v) is 8.47. The van der Waals surface area contributed by atoms with Crippen molar-refractivity contribution in [2.75, 3.05) is 6.54 Å². The lowest BCUT2D eigenvalue weighted by molar-refractivity contribution is -0.121. The van der Waals surface area contributed by atoms with Crippen LogP contribution in [-0.2, 0) is 11.3 Å². The van der Waals surface area contributed by atoms with E-state index in [9.17, 15) is 9.59 Å². The highest BCUT2D eigenvalue weighted by Crippen LogP contribution is 2.55. The Morgan fingerprint density at radius 3 is 2.38 bits per heavy atom. The first-order valence-electron chi connectivity index (χ1n) is 9.74. The Hall–Kier alpha value is -2.05. The Kier molecular flexibility index (Phi) is 4.63. The van der Waals surface area contributed by atoms with E-state index >= 15 is 0 Å². The molecule has 7 heteroatoms. The molecule has 4 saturated carbocycles. The van der Waals surface area contributed by atoms with Gasteiger partial charge in [0.25, 0.3) is 0 Å². The van der Waals surface area contributed by atoms with Crippen molar-refractivity contribution >= 4 is 11.9 Å². The van der Waals surface area contributed by atoms with Gasteiger partial charge in [-0.2, -0.15) is 0 Å². The minimum atomic E-state index is -0.136. The summed E-state index contributed by atoms with van der Waals surface area (Å²) in [6.07, 6.45) is 9.31. The van der Waals surface area contributed by atoms with Gasteiger partial charge in [-0.15, -0.1) is 0 Å². The maximum Gasteiger partial charge on any atom is 0.315 e. The van der Waals surface area contributed by atoms with Crippen LogP contribution in [-0.4, -0.2) is 29.0 Å². The highest BCUT2D eigenvalue weighted by molar-refractivity contribution is 5.78. The van der Waals surface area contributed by atoms with Gasteiger partial charge in [-0.1, -0.05) is 0 Å². The lowest BCUT2D eigenvalue weighted by atomic mass is 9.53. The molecule has 1 aromatic rings. The van der Waals surface area contributed by atoms with Gasteiger partial charge in [0.2, 0.25) is 11.8 Å². The minimum Gasteiger partial charge on any atom is -0.444 e. The van der Waals surface area contributed by atoms with E-state index in [0.717, 1.165) is 42.8 Å². The summed E-state index contributed by atoms with van der Waals surface area (Å²) in [4.78, 5) is 28.2. The lowest BCUT2D eigenvalue weighted by Crippen LogP contribution is -2.61. The quantitative estimate of drug-likeness (QED) is 0.725. The molecule has 26 heavy (non-hydrogen) atoms. The average Bonchev–Trinajstić information content (AvgIpc) is 2.96. The van der Waals surface area contributed by atoms with Crippen molar-refractivity contribution in [2.45, 2.75) is 64.0 Å². The van der Waals surface area contributed by atoms with E-state index in [1.807, 2.05) is 6.92 Å². The molecule has 7 nitrogen and oxygen atoms in total. The van der Waals surface area contributed by atoms with Gasteiger partial charge in [-0.3, -0.25) is 4.79 Å². The molecule has 4 fully saturated rings. The number of nitrogens with zero attached hydrogens (tertiary/aromatic N) is 1. The van der Waals surface area contributed by atoms with Gasteiger partial charge in [0, 0.05) is 18.5 Å². The van der Waals surface area contributed by atoms with E-state index in [1.54, 1.807) is 6.20 Å². The summed E-state index contributed by atoms with van der Waals surface area (Å²) in [5, 5.41) is 8.84. The second-order valence-electron chi connectivity index (χ2n) is 8.47. The fourth-order valence-electron chi connectivity index (χ4n) is 5.58. The summed E-state index contributed by atoms with van der Waals surface area (Å²) >= 11 is 0. The number of amides is 3. The summed E-state index contributed by atoms with van der Waals surface area (Å²) < 4.78 is 5.31. The predicted molar refractivity (Wildman–Crippen MR) is 95.1 cm³/mol. The molecule has 0 saturated heterocycles. The molecule has 1 heterocycles. The Bertz CT molecular complexity index is 649. The minimum absolute atomic E-state index is 0.00388. The van der Waals surface area contributed by atoms with Gasteiger partial charge >= 0.3 is 6.03 Å². The first-order chi connectivity index (χ1) is 12.5. The molecule has 3 amide bonds. The number of nitrogens with one attached hydrogen (secondary N) is 3. The number of rotatable bonds is 6. The molecule has 4 bridgehead atoms. The third kappa shape index (κ3) is 3.86. The topological polar surface area (TPSA) is 96.3 Å². The molecule has 0 aromatic carbocycles. The van der Waals surface area contributed by atoms with Gasteiger partial charge in [0.05, 0.1) is 12.7 Å². The van der Waals surface area contributed by atoms with Crippen molar-refractivity contribution < 1.29 is 14.0 Å². The number of oxazole rings is 1. The molecule has 142 valence electrons. The van der Waals surface area contributed by atoms with Crippen LogP contribution >= 0.6 is 0 Å². The molecule has 4 aliphatic carbocycles. The zero-order valence-corrected chi connectivity index (χ0v) is 15.3. The number of urea groups is 1. The Morgan fingerprint density at radius 1 is 1.15 bits per heavy atom. The Morgan fingerprint density at radius 2 is 1.81 bits per heavy atom. The highest BCUT2D eigenvalue weighted by Gasteiger charge is 2.51. The molecule has 0 unspecified atom stereocenters.